The number of nitrogens with zero attached hydrogens (tertiary/aromatic N) is 3. The van der Waals surface area contributed by atoms with Crippen LogP contribution in [0, 0.1) is 0 Å². The third-order valence-electron chi connectivity index (χ3n) is 3.30. The van der Waals surface area contributed by atoms with Crippen molar-refractivity contribution >= 4 is 11.9 Å². The lowest BCUT2D eigenvalue weighted by Gasteiger charge is -2.25. The van der Waals surface area contributed by atoms with E-state index in [0.717, 1.165) is 5.69 Å². The first kappa shape index (κ1) is 15.8. The van der Waals surface area contributed by atoms with Crippen LogP contribution >= 0.6 is 0 Å². The Balaban J connectivity index is 2.17. The highest BCUT2D eigenvalue weighted by Gasteiger charge is 2.21. The lowest BCUT2D eigenvalue weighted by molar-refractivity contribution is -0.137. The molecule has 1 amide bonds. The Labute approximate surface area is 129 Å². The van der Waals surface area contributed by atoms with Gasteiger partial charge in [-0.05, 0) is 26.0 Å². The second kappa shape index (κ2) is 6.89. The van der Waals surface area contributed by atoms with E-state index in [9.17, 15) is 9.59 Å². The maximum Gasteiger partial charge on any atom is 0.305 e. The molecular formula is C16H19N3O3. The van der Waals surface area contributed by atoms with Crippen LogP contribution < -0.4 is 0 Å². The van der Waals surface area contributed by atoms with Crippen LogP contribution in [0.3, 0.4) is 0 Å². The Morgan fingerprint density at radius 2 is 1.95 bits per heavy atom. The molecule has 0 bridgehead atoms. The monoisotopic (exact) mass is 301 g/mol. The van der Waals surface area contributed by atoms with E-state index in [1.54, 1.807) is 15.8 Å². The maximum absolute atomic E-state index is 12.5. The third-order valence-corrected chi connectivity index (χ3v) is 3.30. The second-order valence-corrected chi connectivity index (χ2v) is 5.25. The fourth-order valence-corrected chi connectivity index (χ4v) is 2.13. The van der Waals surface area contributed by atoms with E-state index in [2.05, 4.69) is 5.10 Å². The summed E-state index contributed by atoms with van der Waals surface area (Å²) in [5, 5.41) is 13.0. The van der Waals surface area contributed by atoms with Crippen molar-refractivity contribution in [3.63, 3.8) is 0 Å². The van der Waals surface area contributed by atoms with E-state index in [4.69, 9.17) is 5.11 Å². The molecule has 2 rings (SSSR count). The summed E-state index contributed by atoms with van der Waals surface area (Å²) in [7, 11) is 0. The number of carbonyl (C=O) groups is 2. The summed E-state index contributed by atoms with van der Waals surface area (Å²) < 4.78 is 1.63. The molecule has 0 aliphatic carbocycles. The van der Waals surface area contributed by atoms with Crippen molar-refractivity contribution in [3.05, 3.63) is 48.3 Å². The zero-order valence-electron chi connectivity index (χ0n) is 12.6. The summed E-state index contributed by atoms with van der Waals surface area (Å²) in [5.41, 5.74) is 1.31. The van der Waals surface area contributed by atoms with Crippen molar-refractivity contribution in [2.45, 2.75) is 26.3 Å². The van der Waals surface area contributed by atoms with Crippen LogP contribution in [0.1, 0.15) is 30.6 Å². The summed E-state index contributed by atoms with van der Waals surface area (Å²) in [4.78, 5) is 24.8. The van der Waals surface area contributed by atoms with Gasteiger partial charge in [0.1, 0.15) is 0 Å². The van der Waals surface area contributed by atoms with E-state index in [1.165, 1.54) is 6.20 Å². The van der Waals surface area contributed by atoms with Gasteiger partial charge in [-0.25, -0.2) is 4.68 Å². The quantitative estimate of drug-likeness (QED) is 0.887. The number of carboxylic acid groups (broad SMARTS) is 1. The molecule has 6 nitrogen and oxygen atoms in total. The molecule has 6 heteroatoms. The fourth-order valence-electron chi connectivity index (χ4n) is 2.13. The van der Waals surface area contributed by atoms with E-state index in [1.807, 2.05) is 44.2 Å². The predicted octanol–water partition coefficient (Wildman–Crippen LogP) is 2.20. The standard InChI is InChI=1S/C16H19N3O3/c1-12(2)18(9-8-15(20)21)16(22)13-10-17-19(11-13)14-6-4-3-5-7-14/h3-7,10-12H,8-9H2,1-2H3,(H,20,21). The van der Waals surface area contributed by atoms with Gasteiger partial charge in [0.2, 0.25) is 0 Å². The van der Waals surface area contributed by atoms with Crippen LogP contribution in [-0.4, -0.2) is 44.3 Å². The highest BCUT2D eigenvalue weighted by Crippen LogP contribution is 2.12. The Kier molecular flexibility index (Phi) is 4.93. The molecule has 0 atom stereocenters. The maximum atomic E-state index is 12.5. The van der Waals surface area contributed by atoms with Crippen LogP contribution in [0.2, 0.25) is 0 Å². The number of benzene rings is 1. The first-order valence-electron chi connectivity index (χ1n) is 7.12. The minimum atomic E-state index is -0.918. The molecule has 0 radical (unpaired) electrons. The molecule has 0 fully saturated rings. The van der Waals surface area contributed by atoms with Crippen LogP contribution in [0.4, 0.5) is 0 Å². The first-order valence-corrected chi connectivity index (χ1v) is 7.12. The zero-order chi connectivity index (χ0) is 16.1. The SMILES string of the molecule is CC(C)N(CCC(=O)O)C(=O)c1cnn(-c2ccccc2)c1. The number of hydrogen-bond donors (Lipinski definition) is 1. The average molecular weight is 301 g/mol. The van der Waals surface area contributed by atoms with Gasteiger partial charge in [-0.3, -0.25) is 9.59 Å². The number of para-hydroxylation sites is 1. The molecular weight excluding hydrogens is 282 g/mol. The van der Waals surface area contributed by atoms with Gasteiger partial charge >= 0.3 is 5.97 Å². The molecule has 0 unspecified atom stereocenters. The number of carboxylic acids is 1. The molecule has 22 heavy (non-hydrogen) atoms. The zero-order valence-corrected chi connectivity index (χ0v) is 12.6. The highest BCUT2D eigenvalue weighted by molar-refractivity contribution is 5.94. The molecule has 1 N–H and O–H groups in total. The lowest BCUT2D eigenvalue weighted by Crippen LogP contribution is -2.38. The van der Waals surface area contributed by atoms with Crippen molar-refractivity contribution in [3.8, 4) is 5.69 Å². The van der Waals surface area contributed by atoms with Gasteiger partial charge in [-0.15, -0.1) is 0 Å². The third kappa shape index (κ3) is 3.72. The molecule has 116 valence electrons. The summed E-state index contributed by atoms with van der Waals surface area (Å²) >= 11 is 0. The highest BCUT2D eigenvalue weighted by atomic mass is 16.4. The molecule has 0 spiro atoms. The predicted molar refractivity (Wildman–Crippen MR) is 82.0 cm³/mol. The molecule has 1 aromatic carbocycles. The van der Waals surface area contributed by atoms with Gasteiger partial charge in [0, 0.05) is 18.8 Å². The van der Waals surface area contributed by atoms with Gasteiger partial charge in [0.25, 0.3) is 5.91 Å². The largest absolute Gasteiger partial charge is 0.481 e. The molecule has 0 saturated heterocycles. The molecule has 0 saturated carbocycles. The number of rotatable bonds is 6. The number of amides is 1. The van der Waals surface area contributed by atoms with Crippen molar-refractivity contribution in [1.29, 1.82) is 0 Å². The smallest absolute Gasteiger partial charge is 0.305 e. The van der Waals surface area contributed by atoms with Gasteiger partial charge < -0.3 is 10.0 Å². The van der Waals surface area contributed by atoms with Gasteiger partial charge in [-0.1, -0.05) is 18.2 Å². The topological polar surface area (TPSA) is 75.4 Å². The van der Waals surface area contributed by atoms with E-state index in [0.29, 0.717) is 5.56 Å². The summed E-state index contributed by atoms with van der Waals surface area (Å²) in [5.74, 6) is -1.13. The number of carbonyl (C=O) groups excluding carboxylic acids is 1. The fraction of sp³-hybridized carbons (Fsp3) is 0.312. The average Bonchev–Trinajstić information content (AvgIpc) is 2.97. The number of hydrogen-bond acceptors (Lipinski definition) is 3. The van der Waals surface area contributed by atoms with Crippen molar-refractivity contribution < 1.29 is 14.7 Å². The number of aromatic nitrogens is 2. The Bertz CT molecular complexity index is 650. The normalized spacial score (nSPS) is 10.7. The van der Waals surface area contributed by atoms with Gasteiger partial charge in [-0.2, -0.15) is 5.10 Å². The lowest BCUT2D eigenvalue weighted by atomic mass is 10.2. The van der Waals surface area contributed by atoms with Crippen molar-refractivity contribution in [2.75, 3.05) is 6.54 Å². The summed E-state index contributed by atoms with van der Waals surface area (Å²) in [6.45, 7) is 3.91. The van der Waals surface area contributed by atoms with E-state index in [-0.39, 0.29) is 24.9 Å². The minimum absolute atomic E-state index is 0.0727. The van der Waals surface area contributed by atoms with Crippen molar-refractivity contribution in [1.82, 2.24) is 14.7 Å². The Hall–Kier alpha value is -2.63. The second-order valence-electron chi connectivity index (χ2n) is 5.25. The van der Waals surface area contributed by atoms with Crippen LogP contribution in [-0.2, 0) is 4.79 Å². The van der Waals surface area contributed by atoms with Gasteiger partial charge in [0.15, 0.2) is 0 Å². The molecule has 0 aliphatic heterocycles. The first-order chi connectivity index (χ1) is 10.5. The summed E-state index contributed by atoms with van der Waals surface area (Å²) in [6.07, 6.45) is 3.09. The molecule has 2 aromatic rings. The van der Waals surface area contributed by atoms with E-state index >= 15 is 0 Å². The van der Waals surface area contributed by atoms with Crippen LogP contribution in [0.5, 0.6) is 0 Å². The molecule has 1 heterocycles. The van der Waals surface area contributed by atoms with Crippen molar-refractivity contribution in [2.24, 2.45) is 0 Å². The van der Waals surface area contributed by atoms with E-state index < -0.39 is 5.97 Å². The Morgan fingerprint density at radius 3 is 2.55 bits per heavy atom. The summed E-state index contributed by atoms with van der Waals surface area (Å²) in [6, 6.07) is 9.41. The molecule has 1 aromatic heterocycles. The van der Waals surface area contributed by atoms with Gasteiger partial charge in [0.05, 0.1) is 23.9 Å². The molecule has 0 aliphatic rings. The number of aliphatic carboxylic acids is 1. The van der Waals surface area contributed by atoms with Crippen LogP contribution in [0.15, 0.2) is 42.7 Å². The van der Waals surface area contributed by atoms with Crippen LogP contribution in [0.25, 0.3) is 5.69 Å². The Morgan fingerprint density at radius 1 is 1.27 bits per heavy atom. The minimum Gasteiger partial charge on any atom is -0.481 e.